The standard InChI is InChI=1S/C17H19N3O3S2/c21-16-11-25(22,23)10-15(16)18-13-6-8-14(9-7-13)20-17(24)19-12-4-2-1-3-5-12/h1-9,15-16,18,21H,10-11H2,(H2,19,20,24)/t15-,16+/m1/s1. The third kappa shape index (κ3) is 4.91. The van der Waals surface area contributed by atoms with E-state index in [-0.39, 0.29) is 11.5 Å². The summed E-state index contributed by atoms with van der Waals surface area (Å²) in [7, 11) is -3.17. The van der Waals surface area contributed by atoms with Gasteiger partial charge in [-0.15, -0.1) is 0 Å². The van der Waals surface area contributed by atoms with E-state index in [0.717, 1.165) is 17.1 Å². The maximum Gasteiger partial charge on any atom is 0.175 e. The van der Waals surface area contributed by atoms with Crippen LogP contribution in [-0.4, -0.2) is 42.3 Å². The lowest BCUT2D eigenvalue weighted by molar-refractivity contribution is 0.190. The molecule has 0 aromatic heterocycles. The van der Waals surface area contributed by atoms with Gasteiger partial charge in [-0.1, -0.05) is 18.2 Å². The van der Waals surface area contributed by atoms with Crippen LogP contribution in [0.1, 0.15) is 0 Å². The Bertz CT molecular complexity index is 839. The molecule has 0 bridgehead atoms. The van der Waals surface area contributed by atoms with Gasteiger partial charge in [-0.25, -0.2) is 8.42 Å². The predicted molar refractivity (Wildman–Crippen MR) is 105 cm³/mol. The van der Waals surface area contributed by atoms with Gasteiger partial charge in [0, 0.05) is 17.1 Å². The molecule has 1 aliphatic rings. The fraction of sp³-hybridized carbons (Fsp3) is 0.235. The molecule has 0 saturated carbocycles. The minimum absolute atomic E-state index is 0.0563. The zero-order chi connectivity index (χ0) is 17.9. The van der Waals surface area contributed by atoms with Crippen molar-refractivity contribution in [3.05, 3.63) is 54.6 Å². The van der Waals surface area contributed by atoms with Crippen LogP contribution in [0.4, 0.5) is 17.1 Å². The topological polar surface area (TPSA) is 90.5 Å². The van der Waals surface area contributed by atoms with Crippen molar-refractivity contribution in [3.63, 3.8) is 0 Å². The molecule has 2 aromatic carbocycles. The molecule has 0 radical (unpaired) electrons. The molecule has 0 aliphatic carbocycles. The SMILES string of the molecule is O=S1(=O)C[C@H](O)[C@H](Nc2ccc(NC(=S)Nc3ccccc3)cc2)C1. The first-order valence-corrected chi connectivity index (χ1v) is 10.0. The van der Waals surface area contributed by atoms with E-state index in [1.54, 1.807) is 0 Å². The van der Waals surface area contributed by atoms with E-state index in [0.29, 0.717) is 5.11 Å². The second kappa shape index (κ2) is 7.38. The van der Waals surface area contributed by atoms with E-state index in [1.165, 1.54) is 0 Å². The summed E-state index contributed by atoms with van der Waals surface area (Å²) in [4.78, 5) is 0. The van der Waals surface area contributed by atoms with Gasteiger partial charge in [0.15, 0.2) is 14.9 Å². The van der Waals surface area contributed by atoms with Gasteiger partial charge in [0.25, 0.3) is 0 Å². The maximum atomic E-state index is 11.5. The average molecular weight is 377 g/mol. The molecule has 25 heavy (non-hydrogen) atoms. The lowest BCUT2D eigenvalue weighted by Crippen LogP contribution is -2.31. The molecule has 1 heterocycles. The van der Waals surface area contributed by atoms with Gasteiger partial charge in [-0.05, 0) is 48.6 Å². The maximum absolute atomic E-state index is 11.5. The van der Waals surface area contributed by atoms with Crippen molar-refractivity contribution < 1.29 is 13.5 Å². The van der Waals surface area contributed by atoms with Crippen molar-refractivity contribution in [1.82, 2.24) is 0 Å². The van der Waals surface area contributed by atoms with Crippen LogP contribution in [0, 0.1) is 0 Å². The number of aliphatic hydroxyl groups is 1. The van der Waals surface area contributed by atoms with Gasteiger partial charge >= 0.3 is 0 Å². The summed E-state index contributed by atoms with van der Waals surface area (Å²) >= 11 is 5.27. The van der Waals surface area contributed by atoms with Crippen LogP contribution in [0.5, 0.6) is 0 Å². The summed E-state index contributed by atoms with van der Waals surface area (Å²) in [5.74, 6) is -0.247. The van der Waals surface area contributed by atoms with Crippen LogP contribution in [-0.2, 0) is 9.84 Å². The first kappa shape index (κ1) is 17.7. The molecule has 2 atom stereocenters. The first-order chi connectivity index (χ1) is 11.9. The summed E-state index contributed by atoms with van der Waals surface area (Å²) < 4.78 is 23.1. The monoisotopic (exact) mass is 377 g/mol. The van der Waals surface area contributed by atoms with Gasteiger partial charge in [-0.3, -0.25) is 0 Å². The second-order valence-corrected chi connectivity index (χ2v) is 8.48. The van der Waals surface area contributed by atoms with Gasteiger partial charge in [0.1, 0.15) is 0 Å². The Morgan fingerprint density at radius 3 is 2.04 bits per heavy atom. The van der Waals surface area contributed by atoms with Crippen molar-refractivity contribution in [2.45, 2.75) is 12.1 Å². The smallest absolute Gasteiger partial charge is 0.175 e. The summed E-state index contributed by atoms with van der Waals surface area (Å²) in [5, 5.41) is 19.5. The van der Waals surface area contributed by atoms with Gasteiger partial charge in [-0.2, -0.15) is 0 Å². The predicted octanol–water partition coefficient (Wildman–Crippen LogP) is 2.07. The number of hydrogen-bond donors (Lipinski definition) is 4. The fourth-order valence-corrected chi connectivity index (χ4v) is 4.62. The quantitative estimate of drug-likeness (QED) is 0.607. The number of aliphatic hydroxyl groups excluding tert-OH is 1. The van der Waals surface area contributed by atoms with Crippen LogP contribution in [0.2, 0.25) is 0 Å². The molecule has 132 valence electrons. The molecule has 3 rings (SSSR count). The van der Waals surface area contributed by atoms with Crippen LogP contribution >= 0.6 is 12.2 Å². The summed E-state index contributed by atoms with van der Waals surface area (Å²) in [6.45, 7) is 0. The van der Waals surface area contributed by atoms with E-state index in [2.05, 4.69) is 16.0 Å². The van der Waals surface area contributed by atoms with Crippen molar-refractivity contribution in [1.29, 1.82) is 0 Å². The summed E-state index contributed by atoms with van der Waals surface area (Å²) in [5.41, 5.74) is 2.45. The molecule has 1 fully saturated rings. The van der Waals surface area contributed by atoms with E-state index in [4.69, 9.17) is 12.2 Å². The Balaban J connectivity index is 1.56. The molecule has 0 amide bonds. The number of hydrogen-bond acceptors (Lipinski definition) is 5. The third-order valence-corrected chi connectivity index (χ3v) is 5.77. The summed E-state index contributed by atoms with van der Waals surface area (Å²) in [6, 6.07) is 16.4. The Morgan fingerprint density at radius 1 is 0.920 bits per heavy atom. The molecule has 1 aliphatic heterocycles. The summed E-state index contributed by atoms with van der Waals surface area (Å²) in [6.07, 6.45) is -0.884. The number of anilines is 3. The molecule has 2 aromatic rings. The average Bonchev–Trinajstić information content (AvgIpc) is 2.82. The van der Waals surface area contributed by atoms with E-state index in [1.807, 2.05) is 54.6 Å². The molecule has 4 N–H and O–H groups in total. The largest absolute Gasteiger partial charge is 0.390 e. The highest BCUT2D eigenvalue weighted by Crippen LogP contribution is 2.20. The Labute approximate surface area is 152 Å². The molecule has 1 saturated heterocycles. The minimum atomic E-state index is -3.17. The van der Waals surface area contributed by atoms with Crippen molar-refractivity contribution in [3.8, 4) is 0 Å². The van der Waals surface area contributed by atoms with Crippen LogP contribution in [0.3, 0.4) is 0 Å². The molecule has 0 unspecified atom stereocenters. The number of thiocarbonyl (C=S) groups is 1. The number of sulfone groups is 1. The highest BCUT2D eigenvalue weighted by atomic mass is 32.2. The number of benzene rings is 2. The van der Waals surface area contributed by atoms with Crippen LogP contribution in [0.25, 0.3) is 0 Å². The highest BCUT2D eigenvalue weighted by Gasteiger charge is 2.36. The molecule has 0 spiro atoms. The molecular formula is C17H19N3O3S2. The molecular weight excluding hydrogens is 358 g/mol. The fourth-order valence-electron chi connectivity index (χ4n) is 2.65. The first-order valence-electron chi connectivity index (χ1n) is 7.79. The van der Waals surface area contributed by atoms with Crippen LogP contribution < -0.4 is 16.0 Å². The number of para-hydroxylation sites is 1. The van der Waals surface area contributed by atoms with Gasteiger partial charge < -0.3 is 21.1 Å². The van der Waals surface area contributed by atoms with E-state index >= 15 is 0 Å². The Hall–Kier alpha value is -2.16. The Morgan fingerprint density at radius 2 is 1.48 bits per heavy atom. The lowest BCUT2D eigenvalue weighted by Gasteiger charge is -2.17. The van der Waals surface area contributed by atoms with E-state index in [9.17, 15) is 13.5 Å². The third-order valence-electron chi connectivity index (χ3n) is 3.85. The Kier molecular flexibility index (Phi) is 5.22. The van der Waals surface area contributed by atoms with Crippen molar-refractivity contribution in [2.24, 2.45) is 0 Å². The highest BCUT2D eigenvalue weighted by molar-refractivity contribution is 7.91. The normalized spacial score (nSPS) is 21.5. The van der Waals surface area contributed by atoms with Crippen LogP contribution in [0.15, 0.2) is 54.6 Å². The minimum Gasteiger partial charge on any atom is -0.390 e. The lowest BCUT2D eigenvalue weighted by atomic mass is 10.2. The number of nitrogens with one attached hydrogen (secondary N) is 3. The van der Waals surface area contributed by atoms with Gasteiger partial charge in [0.2, 0.25) is 0 Å². The molecule has 6 nitrogen and oxygen atoms in total. The second-order valence-electron chi connectivity index (χ2n) is 5.92. The molecule has 8 heteroatoms. The van der Waals surface area contributed by atoms with Crippen molar-refractivity contribution >= 4 is 44.2 Å². The zero-order valence-corrected chi connectivity index (χ0v) is 15.0. The zero-order valence-electron chi connectivity index (χ0n) is 13.3. The van der Waals surface area contributed by atoms with E-state index < -0.39 is 22.0 Å². The van der Waals surface area contributed by atoms with Crippen molar-refractivity contribution in [2.75, 3.05) is 27.5 Å². The number of rotatable bonds is 4. The van der Waals surface area contributed by atoms with Gasteiger partial charge in [0.05, 0.1) is 23.7 Å².